The van der Waals surface area contributed by atoms with E-state index in [-0.39, 0.29) is 28.2 Å². The smallest absolute Gasteiger partial charge is 0.279 e. The van der Waals surface area contributed by atoms with Gasteiger partial charge < -0.3 is 9.84 Å². The predicted molar refractivity (Wildman–Crippen MR) is 99.0 cm³/mol. The van der Waals surface area contributed by atoms with Crippen molar-refractivity contribution in [3.63, 3.8) is 0 Å². The molecule has 0 unspecified atom stereocenters. The first-order valence-corrected chi connectivity index (χ1v) is 7.85. The van der Waals surface area contributed by atoms with E-state index >= 15 is 0 Å². The maximum atomic E-state index is 12.1. The molecule has 0 aliphatic heterocycles. The van der Waals surface area contributed by atoms with Crippen LogP contribution in [0.2, 0.25) is 5.02 Å². The second kappa shape index (κ2) is 7.66. The highest BCUT2D eigenvalue weighted by Crippen LogP contribution is 2.35. The lowest BCUT2D eigenvalue weighted by molar-refractivity contribution is 0.373. The molecule has 3 aromatic rings. The number of aromatic hydroxyl groups is 1. The number of nitrogens with one attached hydrogen (secondary N) is 2. The maximum absolute atomic E-state index is 12.1. The zero-order valence-corrected chi connectivity index (χ0v) is 14.4. The van der Waals surface area contributed by atoms with Gasteiger partial charge in [-0.15, -0.1) is 10.2 Å². The number of hydrogen-bond donors (Lipinski definition) is 3. The van der Waals surface area contributed by atoms with Crippen molar-refractivity contribution in [3.8, 4) is 22.8 Å². The molecule has 0 bridgehead atoms. The Morgan fingerprint density at radius 3 is 2.69 bits per heavy atom. The van der Waals surface area contributed by atoms with Crippen LogP contribution in [0.1, 0.15) is 5.56 Å². The molecule has 3 N–H and O–H groups in total. The molecule has 0 aliphatic rings. The van der Waals surface area contributed by atoms with Crippen LogP contribution in [0.3, 0.4) is 0 Å². The fourth-order valence-electron chi connectivity index (χ4n) is 2.16. The van der Waals surface area contributed by atoms with Crippen molar-refractivity contribution in [1.82, 2.24) is 15.2 Å². The van der Waals surface area contributed by atoms with Crippen molar-refractivity contribution in [2.45, 2.75) is 0 Å². The van der Waals surface area contributed by atoms with Crippen LogP contribution < -0.4 is 15.7 Å². The summed E-state index contributed by atoms with van der Waals surface area (Å²) in [6, 6.07) is 12.2. The minimum atomic E-state index is -0.399. The molecule has 0 saturated carbocycles. The van der Waals surface area contributed by atoms with Gasteiger partial charge in [0.05, 0.1) is 18.3 Å². The summed E-state index contributed by atoms with van der Waals surface area (Å²) < 4.78 is 4.96. The Labute approximate surface area is 153 Å². The van der Waals surface area contributed by atoms with E-state index in [0.717, 1.165) is 0 Å². The number of phenolic OH excluding ortho intramolecular Hbond substituents is 1. The van der Waals surface area contributed by atoms with Crippen LogP contribution >= 0.6 is 11.6 Å². The van der Waals surface area contributed by atoms with Crippen LogP contribution in [0.5, 0.6) is 11.5 Å². The average Bonchev–Trinajstić information content (AvgIpc) is 2.66. The monoisotopic (exact) mass is 371 g/mol. The molecule has 9 heteroatoms. The molecule has 0 spiro atoms. The van der Waals surface area contributed by atoms with E-state index < -0.39 is 5.56 Å². The zero-order chi connectivity index (χ0) is 18.5. The second-order valence-electron chi connectivity index (χ2n) is 5.11. The second-order valence-corrected chi connectivity index (χ2v) is 5.48. The van der Waals surface area contributed by atoms with E-state index in [9.17, 15) is 9.90 Å². The number of rotatable bonds is 5. The molecule has 0 amide bonds. The lowest BCUT2D eigenvalue weighted by atomic mass is 10.2. The molecule has 2 aromatic carbocycles. The number of anilines is 1. The summed E-state index contributed by atoms with van der Waals surface area (Å²) in [6.45, 7) is 0. The van der Waals surface area contributed by atoms with Crippen molar-refractivity contribution >= 4 is 23.8 Å². The summed E-state index contributed by atoms with van der Waals surface area (Å²) in [5, 5.41) is 21.7. The Balaban J connectivity index is 1.76. The Morgan fingerprint density at radius 1 is 1.23 bits per heavy atom. The van der Waals surface area contributed by atoms with Crippen LogP contribution in [-0.4, -0.2) is 33.6 Å². The highest BCUT2D eigenvalue weighted by atomic mass is 35.5. The number of methoxy groups -OCH3 is 1. The molecule has 1 heterocycles. The molecule has 0 fully saturated rings. The molecule has 26 heavy (non-hydrogen) atoms. The number of aromatic nitrogens is 3. The summed E-state index contributed by atoms with van der Waals surface area (Å²) in [4.78, 5) is 14.7. The van der Waals surface area contributed by atoms with Crippen molar-refractivity contribution in [3.05, 3.63) is 63.4 Å². The molecule has 0 atom stereocenters. The normalized spacial score (nSPS) is 10.8. The predicted octanol–water partition coefficient (Wildman–Crippen LogP) is 2.65. The molecular weight excluding hydrogens is 358 g/mol. The number of hydrazone groups is 1. The quantitative estimate of drug-likeness (QED) is 0.469. The molecule has 8 nitrogen and oxygen atoms in total. The molecule has 1 aromatic heterocycles. The third kappa shape index (κ3) is 3.65. The third-order valence-corrected chi connectivity index (χ3v) is 3.84. The first kappa shape index (κ1) is 17.4. The topological polar surface area (TPSA) is 112 Å². The van der Waals surface area contributed by atoms with Crippen LogP contribution in [0.25, 0.3) is 11.3 Å². The highest BCUT2D eigenvalue weighted by Gasteiger charge is 2.10. The number of halogens is 1. The van der Waals surface area contributed by atoms with Gasteiger partial charge in [-0.1, -0.05) is 41.9 Å². The van der Waals surface area contributed by atoms with Gasteiger partial charge in [-0.2, -0.15) is 5.10 Å². The number of phenols is 1. The number of aromatic amines is 1. The summed E-state index contributed by atoms with van der Waals surface area (Å²) in [5.74, 6) is 0.144. The third-order valence-electron chi connectivity index (χ3n) is 3.45. The maximum Gasteiger partial charge on any atom is 0.279 e. The number of benzene rings is 2. The first-order chi connectivity index (χ1) is 12.6. The number of nitrogens with zero attached hydrogens (tertiary/aromatic N) is 3. The number of hydrogen-bond acceptors (Lipinski definition) is 7. The van der Waals surface area contributed by atoms with Crippen LogP contribution in [0.15, 0.2) is 52.4 Å². The minimum absolute atomic E-state index is 0.0692. The summed E-state index contributed by atoms with van der Waals surface area (Å²) >= 11 is 6.04. The molecule has 0 radical (unpaired) electrons. The van der Waals surface area contributed by atoms with E-state index in [4.69, 9.17) is 16.3 Å². The van der Waals surface area contributed by atoms with E-state index in [2.05, 4.69) is 25.7 Å². The molecule has 3 rings (SSSR count). The van der Waals surface area contributed by atoms with Gasteiger partial charge in [-0.3, -0.25) is 9.78 Å². The van der Waals surface area contributed by atoms with Crippen LogP contribution in [-0.2, 0) is 0 Å². The van der Waals surface area contributed by atoms with Crippen LogP contribution in [0, 0.1) is 0 Å². The lowest BCUT2D eigenvalue weighted by Crippen LogP contribution is -2.15. The van der Waals surface area contributed by atoms with E-state index in [1.807, 2.05) is 6.07 Å². The van der Waals surface area contributed by atoms with Crippen molar-refractivity contribution < 1.29 is 9.84 Å². The van der Waals surface area contributed by atoms with Gasteiger partial charge in [0.1, 0.15) is 0 Å². The fourth-order valence-corrected chi connectivity index (χ4v) is 2.37. The van der Waals surface area contributed by atoms with E-state index in [1.165, 1.54) is 13.3 Å². The first-order valence-electron chi connectivity index (χ1n) is 7.47. The fraction of sp³-hybridized carbons (Fsp3) is 0.0588. The zero-order valence-electron chi connectivity index (χ0n) is 13.6. The van der Waals surface area contributed by atoms with Gasteiger partial charge in [0.2, 0.25) is 5.95 Å². The number of ether oxygens (including phenoxy) is 1. The lowest BCUT2D eigenvalue weighted by Gasteiger charge is -2.06. The summed E-state index contributed by atoms with van der Waals surface area (Å²) in [5.41, 5.74) is 3.49. The van der Waals surface area contributed by atoms with E-state index in [1.54, 1.807) is 36.4 Å². The number of H-pyrrole nitrogens is 1. The Kier molecular flexibility index (Phi) is 5.14. The van der Waals surface area contributed by atoms with Gasteiger partial charge in [0.15, 0.2) is 17.2 Å². The van der Waals surface area contributed by atoms with Gasteiger partial charge in [-0.05, 0) is 12.1 Å². The van der Waals surface area contributed by atoms with Gasteiger partial charge >= 0.3 is 0 Å². The Morgan fingerprint density at radius 2 is 2.00 bits per heavy atom. The van der Waals surface area contributed by atoms with Crippen molar-refractivity contribution in [1.29, 1.82) is 0 Å². The molecule has 132 valence electrons. The summed E-state index contributed by atoms with van der Waals surface area (Å²) in [7, 11) is 1.43. The van der Waals surface area contributed by atoms with Gasteiger partial charge in [0.25, 0.3) is 5.56 Å². The molecule has 0 aliphatic carbocycles. The molecular formula is C17H14ClN5O3. The van der Waals surface area contributed by atoms with Crippen molar-refractivity contribution in [2.24, 2.45) is 5.10 Å². The molecule has 0 saturated heterocycles. The minimum Gasteiger partial charge on any atom is -0.503 e. The van der Waals surface area contributed by atoms with Gasteiger partial charge in [0, 0.05) is 11.1 Å². The average molecular weight is 372 g/mol. The SMILES string of the molecule is COc1ccc(/C=N/Nc2nnc(-c3ccccc3)c(=O)[nH]2)c(Cl)c1O. The standard InChI is InChI=1S/C17H14ClN5O3/c1-26-12-8-7-11(13(18)15(12)24)9-19-22-17-20-16(25)14(21-23-17)10-5-3-2-4-6-10/h2-9,24H,1H3,(H2,20,22,23,25)/b19-9+. The van der Waals surface area contributed by atoms with Crippen molar-refractivity contribution in [2.75, 3.05) is 12.5 Å². The van der Waals surface area contributed by atoms with Gasteiger partial charge in [-0.25, -0.2) is 5.43 Å². The van der Waals surface area contributed by atoms with E-state index in [0.29, 0.717) is 11.1 Å². The summed E-state index contributed by atoms with van der Waals surface area (Å²) in [6.07, 6.45) is 1.37. The highest BCUT2D eigenvalue weighted by molar-refractivity contribution is 6.34. The Bertz CT molecular complexity index is 1010. The largest absolute Gasteiger partial charge is 0.503 e. The Hall–Kier alpha value is -3.39. The van der Waals surface area contributed by atoms with Crippen LogP contribution in [0.4, 0.5) is 5.95 Å².